The van der Waals surface area contributed by atoms with E-state index in [4.69, 9.17) is 4.74 Å². The van der Waals surface area contributed by atoms with Gasteiger partial charge in [-0.3, -0.25) is 20.2 Å². The zero-order valence-electron chi connectivity index (χ0n) is 16.1. The molecule has 0 radical (unpaired) electrons. The molecule has 0 unspecified atom stereocenters. The second-order valence-electron chi connectivity index (χ2n) is 6.91. The van der Waals surface area contributed by atoms with Crippen molar-refractivity contribution in [1.82, 2.24) is 4.98 Å². The molecule has 1 aliphatic rings. The van der Waals surface area contributed by atoms with E-state index >= 15 is 0 Å². The van der Waals surface area contributed by atoms with Crippen LogP contribution in [0.1, 0.15) is 21.5 Å². The summed E-state index contributed by atoms with van der Waals surface area (Å²) in [4.78, 5) is 30.4. The van der Waals surface area contributed by atoms with Crippen molar-refractivity contribution in [2.45, 2.75) is 13.8 Å². The molecule has 0 spiro atoms. The smallest absolute Gasteiger partial charge is 0.270 e. The van der Waals surface area contributed by atoms with E-state index in [2.05, 4.69) is 10.3 Å². The van der Waals surface area contributed by atoms with E-state index in [-0.39, 0.29) is 11.3 Å². The summed E-state index contributed by atoms with van der Waals surface area (Å²) in [6.07, 6.45) is 0. The summed E-state index contributed by atoms with van der Waals surface area (Å²) in [5, 5.41) is 14.6. The number of morpholine rings is 1. The van der Waals surface area contributed by atoms with Crippen molar-refractivity contribution >= 4 is 44.0 Å². The van der Waals surface area contributed by atoms with Gasteiger partial charge in [-0.2, -0.15) is 0 Å². The van der Waals surface area contributed by atoms with Crippen LogP contribution >= 0.6 is 11.3 Å². The van der Waals surface area contributed by atoms with Crippen LogP contribution in [0.5, 0.6) is 0 Å². The zero-order valence-corrected chi connectivity index (χ0v) is 16.9. The van der Waals surface area contributed by atoms with Gasteiger partial charge in [-0.25, -0.2) is 4.98 Å². The fraction of sp³-hybridized carbons (Fsp3) is 0.300. The number of aryl methyl sites for hydroxylation is 2. The van der Waals surface area contributed by atoms with Crippen molar-refractivity contribution in [3.8, 4) is 0 Å². The second-order valence-corrected chi connectivity index (χ2v) is 7.91. The first-order chi connectivity index (χ1) is 13.9. The topological polar surface area (TPSA) is 97.6 Å². The number of amides is 1. The molecule has 0 atom stereocenters. The molecular formula is C20H20N4O4S. The van der Waals surface area contributed by atoms with Gasteiger partial charge in [0.05, 0.1) is 39.6 Å². The van der Waals surface area contributed by atoms with E-state index in [1.807, 2.05) is 30.9 Å². The number of nitrogens with one attached hydrogen (secondary N) is 1. The molecule has 1 fully saturated rings. The molecule has 1 saturated heterocycles. The highest BCUT2D eigenvalue weighted by molar-refractivity contribution is 7.22. The summed E-state index contributed by atoms with van der Waals surface area (Å²) < 4.78 is 6.40. The molecule has 3 aromatic rings. The molecule has 2 heterocycles. The van der Waals surface area contributed by atoms with Crippen LogP contribution in [-0.4, -0.2) is 42.1 Å². The van der Waals surface area contributed by atoms with E-state index in [9.17, 15) is 14.9 Å². The van der Waals surface area contributed by atoms with Gasteiger partial charge in [-0.05, 0) is 31.0 Å². The number of hydrogen-bond acceptors (Lipinski definition) is 7. The number of carbonyl (C=O) groups is 1. The van der Waals surface area contributed by atoms with Gasteiger partial charge in [0.15, 0.2) is 5.13 Å². The van der Waals surface area contributed by atoms with Gasteiger partial charge in [0.1, 0.15) is 0 Å². The first kappa shape index (κ1) is 19.3. The van der Waals surface area contributed by atoms with E-state index in [0.29, 0.717) is 37.1 Å². The fourth-order valence-corrected chi connectivity index (χ4v) is 4.38. The highest BCUT2D eigenvalue weighted by Crippen LogP contribution is 2.32. The van der Waals surface area contributed by atoms with Crippen molar-refractivity contribution < 1.29 is 14.5 Å². The van der Waals surface area contributed by atoms with Crippen LogP contribution < -0.4 is 10.2 Å². The molecule has 0 saturated carbocycles. The van der Waals surface area contributed by atoms with Gasteiger partial charge in [-0.15, -0.1) is 0 Å². The molecule has 4 rings (SSSR count). The van der Waals surface area contributed by atoms with Crippen LogP contribution in [0.2, 0.25) is 0 Å². The average molecular weight is 412 g/mol. The molecule has 0 bridgehead atoms. The van der Waals surface area contributed by atoms with Crippen molar-refractivity contribution in [2.75, 3.05) is 36.5 Å². The Balaban J connectivity index is 1.70. The normalized spacial score (nSPS) is 14.2. The summed E-state index contributed by atoms with van der Waals surface area (Å²) in [6, 6.07) is 8.40. The van der Waals surface area contributed by atoms with Gasteiger partial charge in [-0.1, -0.05) is 23.5 Å². The summed E-state index contributed by atoms with van der Waals surface area (Å²) in [5.41, 5.74) is 3.78. The zero-order chi connectivity index (χ0) is 20.5. The Kier molecular flexibility index (Phi) is 5.16. The Morgan fingerprint density at radius 2 is 1.93 bits per heavy atom. The maximum atomic E-state index is 13.1. The number of aromatic nitrogens is 1. The van der Waals surface area contributed by atoms with Gasteiger partial charge in [0.2, 0.25) is 0 Å². The summed E-state index contributed by atoms with van der Waals surface area (Å²) >= 11 is 1.40. The summed E-state index contributed by atoms with van der Waals surface area (Å²) in [5.74, 6) is -0.412. The molecule has 150 valence electrons. The quantitative estimate of drug-likeness (QED) is 0.515. The first-order valence-electron chi connectivity index (χ1n) is 9.23. The molecule has 1 aliphatic heterocycles. The first-order valence-corrected chi connectivity index (χ1v) is 10.0. The van der Waals surface area contributed by atoms with Crippen LogP contribution in [0.15, 0.2) is 30.3 Å². The van der Waals surface area contributed by atoms with Gasteiger partial charge in [0.25, 0.3) is 11.6 Å². The van der Waals surface area contributed by atoms with Crippen molar-refractivity contribution in [1.29, 1.82) is 0 Å². The molecule has 1 amide bonds. The third-order valence-electron chi connectivity index (χ3n) is 4.95. The Hall–Kier alpha value is -3.04. The molecule has 2 aromatic carbocycles. The number of non-ortho nitro benzene ring substituents is 1. The van der Waals surface area contributed by atoms with E-state index in [1.54, 1.807) is 6.07 Å². The predicted octanol–water partition coefficient (Wildman–Crippen LogP) is 3.91. The second kappa shape index (κ2) is 7.76. The lowest BCUT2D eigenvalue weighted by atomic mass is 10.1. The standard InChI is InChI=1S/C20H20N4O4S/c1-12-3-4-13(2)18-17(12)21-20(29-18)22-19(25)15-11-14(24(26)27)5-6-16(15)23-7-9-28-10-8-23/h3-6,11H,7-10H2,1-2H3,(H,21,22,25). The predicted molar refractivity (Wildman–Crippen MR) is 113 cm³/mol. The third-order valence-corrected chi connectivity index (χ3v) is 6.06. The lowest BCUT2D eigenvalue weighted by molar-refractivity contribution is -0.384. The molecule has 1 aromatic heterocycles. The lowest BCUT2D eigenvalue weighted by Gasteiger charge is -2.30. The number of fused-ring (bicyclic) bond motifs is 1. The van der Waals surface area contributed by atoms with Crippen molar-refractivity contribution in [3.05, 3.63) is 57.1 Å². The maximum absolute atomic E-state index is 13.1. The number of nitrogens with zero attached hydrogens (tertiary/aromatic N) is 3. The van der Waals surface area contributed by atoms with Crippen LogP contribution in [0.3, 0.4) is 0 Å². The van der Waals surface area contributed by atoms with Gasteiger partial charge >= 0.3 is 0 Å². The summed E-state index contributed by atoms with van der Waals surface area (Å²) in [6.45, 7) is 6.32. The number of rotatable bonds is 4. The Morgan fingerprint density at radius 1 is 1.21 bits per heavy atom. The fourth-order valence-electron chi connectivity index (χ4n) is 3.38. The Bertz CT molecular complexity index is 1070. The minimum Gasteiger partial charge on any atom is -0.378 e. The number of thiazole rings is 1. The van der Waals surface area contributed by atoms with Gasteiger partial charge < -0.3 is 9.64 Å². The Labute approximate surface area is 171 Å². The SMILES string of the molecule is Cc1ccc(C)c2sc(NC(=O)c3cc([N+](=O)[O-])ccc3N3CCOCC3)nc12. The minimum absolute atomic E-state index is 0.122. The Morgan fingerprint density at radius 3 is 2.62 bits per heavy atom. The molecule has 0 aliphatic carbocycles. The number of benzene rings is 2. The number of hydrogen-bond donors (Lipinski definition) is 1. The van der Waals surface area contributed by atoms with Gasteiger partial charge in [0, 0.05) is 25.2 Å². The third kappa shape index (κ3) is 3.79. The van der Waals surface area contributed by atoms with Crippen LogP contribution in [0, 0.1) is 24.0 Å². The minimum atomic E-state index is -0.496. The number of anilines is 2. The lowest BCUT2D eigenvalue weighted by Crippen LogP contribution is -2.37. The number of ether oxygens (including phenoxy) is 1. The number of nitro groups is 1. The van der Waals surface area contributed by atoms with E-state index in [0.717, 1.165) is 21.3 Å². The average Bonchev–Trinajstić information content (AvgIpc) is 3.16. The highest BCUT2D eigenvalue weighted by atomic mass is 32.1. The van der Waals surface area contributed by atoms with Crippen LogP contribution in [-0.2, 0) is 4.74 Å². The van der Waals surface area contributed by atoms with Crippen molar-refractivity contribution in [2.24, 2.45) is 0 Å². The highest BCUT2D eigenvalue weighted by Gasteiger charge is 2.23. The van der Waals surface area contributed by atoms with Crippen LogP contribution in [0.25, 0.3) is 10.2 Å². The molecule has 1 N–H and O–H groups in total. The van der Waals surface area contributed by atoms with Crippen molar-refractivity contribution in [3.63, 3.8) is 0 Å². The molecule has 9 heteroatoms. The van der Waals surface area contributed by atoms with Crippen LogP contribution in [0.4, 0.5) is 16.5 Å². The number of nitro benzene ring substituents is 1. The molecular weight excluding hydrogens is 392 g/mol. The largest absolute Gasteiger partial charge is 0.378 e. The van der Waals surface area contributed by atoms with E-state index in [1.165, 1.54) is 23.5 Å². The maximum Gasteiger partial charge on any atom is 0.270 e. The molecule has 29 heavy (non-hydrogen) atoms. The summed E-state index contributed by atoms with van der Waals surface area (Å²) in [7, 11) is 0. The van der Waals surface area contributed by atoms with E-state index < -0.39 is 10.8 Å². The number of carbonyl (C=O) groups excluding carboxylic acids is 1. The molecule has 8 nitrogen and oxygen atoms in total. The monoisotopic (exact) mass is 412 g/mol.